The van der Waals surface area contributed by atoms with Crippen LogP contribution in [0.15, 0.2) is 48.0 Å². The molecule has 0 unspecified atom stereocenters. The highest BCUT2D eigenvalue weighted by Gasteiger charge is 2.37. The van der Waals surface area contributed by atoms with Crippen LogP contribution in [0, 0.1) is 0 Å². The fraction of sp³-hybridized carbons (Fsp3) is 0.333. The average molecular weight is 355 g/mol. The van der Waals surface area contributed by atoms with Gasteiger partial charge in [0, 0.05) is 27.4 Å². The Kier molecular flexibility index (Phi) is 5.54. The van der Waals surface area contributed by atoms with Crippen molar-refractivity contribution >= 4 is 14.9 Å². The first-order chi connectivity index (χ1) is 12.1. The summed E-state index contributed by atoms with van der Waals surface area (Å²) in [5, 5.41) is 0. The Bertz CT molecular complexity index is 753. The topological polar surface area (TPSA) is 27.7 Å². The predicted octanol–water partition coefficient (Wildman–Crippen LogP) is 4.73. The van der Waals surface area contributed by atoms with Crippen LogP contribution in [0.1, 0.15) is 23.6 Å². The number of fused-ring (bicyclic) bond motifs is 1. The third-order valence-electron chi connectivity index (χ3n) is 4.97. The molecular formula is C21H26O3Si. The van der Waals surface area contributed by atoms with E-state index < -0.39 is 8.80 Å². The third-order valence-corrected chi connectivity index (χ3v) is 7.70. The molecule has 0 N–H and O–H groups in total. The molecule has 0 amide bonds. The van der Waals surface area contributed by atoms with Crippen molar-refractivity contribution in [2.45, 2.75) is 25.8 Å². The molecule has 0 spiro atoms. The van der Waals surface area contributed by atoms with E-state index in [1.807, 2.05) is 0 Å². The lowest BCUT2D eigenvalue weighted by molar-refractivity contribution is 0.123. The van der Waals surface area contributed by atoms with E-state index in [-0.39, 0.29) is 0 Å². The SMILES string of the molecule is CO[Si](CCc1ccc(-c2cccc3c2C=C(C)C3)cc1)(OC)OC. The van der Waals surface area contributed by atoms with Crippen LogP contribution in [0.2, 0.25) is 6.04 Å². The van der Waals surface area contributed by atoms with Crippen LogP contribution in [-0.2, 0) is 26.1 Å². The van der Waals surface area contributed by atoms with Crippen LogP contribution in [0.3, 0.4) is 0 Å². The molecule has 0 heterocycles. The molecule has 0 radical (unpaired) electrons. The number of hydrogen-bond donors (Lipinski definition) is 0. The van der Waals surface area contributed by atoms with Gasteiger partial charge in [-0.3, -0.25) is 0 Å². The van der Waals surface area contributed by atoms with Crippen molar-refractivity contribution < 1.29 is 13.3 Å². The average Bonchev–Trinajstić information content (AvgIpc) is 3.04. The summed E-state index contributed by atoms with van der Waals surface area (Å²) >= 11 is 0. The summed E-state index contributed by atoms with van der Waals surface area (Å²) in [7, 11) is 2.47. The van der Waals surface area contributed by atoms with Crippen molar-refractivity contribution in [3.05, 3.63) is 64.7 Å². The van der Waals surface area contributed by atoms with Gasteiger partial charge in [-0.2, -0.15) is 0 Å². The Morgan fingerprint density at radius 1 is 0.920 bits per heavy atom. The lowest BCUT2D eigenvalue weighted by atomic mass is 9.96. The van der Waals surface area contributed by atoms with E-state index in [4.69, 9.17) is 13.3 Å². The summed E-state index contributed by atoms with van der Waals surface area (Å²) in [5.41, 5.74) is 8.08. The van der Waals surface area contributed by atoms with Crippen LogP contribution in [-0.4, -0.2) is 30.1 Å². The molecule has 132 valence electrons. The zero-order valence-electron chi connectivity index (χ0n) is 15.5. The Morgan fingerprint density at radius 2 is 1.60 bits per heavy atom. The minimum Gasteiger partial charge on any atom is -0.377 e. The number of benzene rings is 2. The highest BCUT2D eigenvalue weighted by Crippen LogP contribution is 2.34. The summed E-state index contributed by atoms with van der Waals surface area (Å²) in [4.78, 5) is 0. The van der Waals surface area contributed by atoms with Gasteiger partial charge in [0.2, 0.25) is 0 Å². The van der Waals surface area contributed by atoms with Gasteiger partial charge in [0.25, 0.3) is 0 Å². The van der Waals surface area contributed by atoms with Crippen molar-refractivity contribution in [2.24, 2.45) is 0 Å². The Morgan fingerprint density at radius 3 is 2.24 bits per heavy atom. The summed E-state index contributed by atoms with van der Waals surface area (Å²) in [6.07, 6.45) is 4.27. The molecule has 0 aromatic heterocycles. The summed E-state index contributed by atoms with van der Waals surface area (Å²) in [5.74, 6) is 0. The van der Waals surface area contributed by atoms with E-state index in [0.29, 0.717) is 0 Å². The molecular weight excluding hydrogens is 328 g/mol. The minimum absolute atomic E-state index is 0.776. The second-order valence-electron chi connectivity index (χ2n) is 6.54. The van der Waals surface area contributed by atoms with Crippen molar-refractivity contribution in [1.29, 1.82) is 0 Å². The molecule has 25 heavy (non-hydrogen) atoms. The van der Waals surface area contributed by atoms with Crippen molar-refractivity contribution in [1.82, 2.24) is 0 Å². The van der Waals surface area contributed by atoms with Crippen LogP contribution in [0.4, 0.5) is 0 Å². The Balaban J connectivity index is 1.77. The van der Waals surface area contributed by atoms with Crippen LogP contribution in [0.25, 0.3) is 17.2 Å². The Hall–Kier alpha value is -1.72. The molecule has 2 aromatic carbocycles. The number of rotatable bonds is 7. The third kappa shape index (κ3) is 3.77. The Labute approximate surface area is 151 Å². The summed E-state index contributed by atoms with van der Waals surface area (Å²) in [6, 6.07) is 16.2. The van der Waals surface area contributed by atoms with E-state index >= 15 is 0 Å². The predicted molar refractivity (Wildman–Crippen MR) is 105 cm³/mol. The number of allylic oxidation sites excluding steroid dienone is 1. The monoisotopic (exact) mass is 354 g/mol. The van der Waals surface area contributed by atoms with Crippen molar-refractivity contribution in [3.8, 4) is 11.1 Å². The van der Waals surface area contributed by atoms with E-state index in [0.717, 1.165) is 18.9 Å². The fourth-order valence-electron chi connectivity index (χ4n) is 3.49. The van der Waals surface area contributed by atoms with Crippen molar-refractivity contribution in [3.63, 3.8) is 0 Å². The lowest BCUT2D eigenvalue weighted by Crippen LogP contribution is -2.43. The molecule has 0 aliphatic heterocycles. The number of aryl methyl sites for hydroxylation is 1. The normalized spacial score (nSPS) is 13.7. The van der Waals surface area contributed by atoms with Gasteiger partial charge in [-0.15, -0.1) is 0 Å². The van der Waals surface area contributed by atoms with Gasteiger partial charge in [-0.1, -0.05) is 54.1 Å². The van der Waals surface area contributed by atoms with E-state index in [1.54, 1.807) is 21.3 Å². The van der Waals surface area contributed by atoms with Crippen LogP contribution in [0.5, 0.6) is 0 Å². The van der Waals surface area contributed by atoms with E-state index in [9.17, 15) is 0 Å². The van der Waals surface area contributed by atoms with Gasteiger partial charge in [-0.25, -0.2) is 0 Å². The van der Waals surface area contributed by atoms with Gasteiger partial charge < -0.3 is 13.3 Å². The molecule has 0 atom stereocenters. The second kappa shape index (κ2) is 7.66. The highest BCUT2D eigenvalue weighted by molar-refractivity contribution is 6.60. The van der Waals surface area contributed by atoms with Crippen LogP contribution < -0.4 is 0 Å². The molecule has 0 saturated carbocycles. The first-order valence-electron chi connectivity index (χ1n) is 8.64. The zero-order chi connectivity index (χ0) is 17.9. The van der Waals surface area contributed by atoms with E-state index in [1.165, 1.54) is 33.4 Å². The van der Waals surface area contributed by atoms with Gasteiger partial charge in [0.1, 0.15) is 0 Å². The zero-order valence-corrected chi connectivity index (χ0v) is 16.5. The summed E-state index contributed by atoms with van der Waals surface area (Å²) in [6.45, 7) is 2.20. The molecule has 0 saturated heterocycles. The van der Waals surface area contributed by atoms with Gasteiger partial charge in [0.05, 0.1) is 0 Å². The molecule has 0 bridgehead atoms. The molecule has 0 fully saturated rings. The summed E-state index contributed by atoms with van der Waals surface area (Å²) < 4.78 is 16.5. The maximum Gasteiger partial charge on any atom is 0.500 e. The maximum atomic E-state index is 5.50. The molecule has 1 aliphatic carbocycles. The molecule has 2 aromatic rings. The minimum atomic E-state index is -2.51. The largest absolute Gasteiger partial charge is 0.500 e. The molecule has 3 rings (SSSR count). The standard InChI is InChI=1S/C21H26O3Si/c1-16-14-19-6-5-7-20(21(19)15-16)18-10-8-17(9-11-18)12-13-25(22-2,23-3)24-4/h5-11,15H,12-14H2,1-4H3. The van der Waals surface area contributed by atoms with Crippen LogP contribution >= 0.6 is 0 Å². The van der Waals surface area contributed by atoms with E-state index in [2.05, 4.69) is 55.5 Å². The van der Waals surface area contributed by atoms with Crippen molar-refractivity contribution in [2.75, 3.05) is 21.3 Å². The maximum absolute atomic E-state index is 5.50. The first kappa shape index (κ1) is 18.1. The molecule has 1 aliphatic rings. The smallest absolute Gasteiger partial charge is 0.377 e. The second-order valence-corrected chi connectivity index (χ2v) is 9.63. The van der Waals surface area contributed by atoms with Gasteiger partial charge in [0.15, 0.2) is 0 Å². The number of hydrogen-bond acceptors (Lipinski definition) is 3. The van der Waals surface area contributed by atoms with Gasteiger partial charge in [-0.05, 0) is 47.6 Å². The molecule has 4 heteroatoms. The highest BCUT2D eigenvalue weighted by atomic mass is 28.4. The van der Waals surface area contributed by atoms with Gasteiger partial charge >= 0.3 is 8.80 Å². The molecule has 3 nitrogen and oxygen atoms in total. The fourth-order valence-corrected chi connectivity index (χ4v) is 5.20. The first-order valence-corrected chi connectivity index (χ1v) is 10.6. The quantitative estimate of drug-likeness (QED) is 0.673. The lowest BCUT2D eigenvalue weighted by Gasteiger charge is -2.24.